The number of rotatable bonds is 4. The van der Waals surface area contributed by atoms with Crippen molar-refractivity contribution in [3.8, 4) is 0 Å². The molecule has 0 aromatic carbocycles. The molecule has 0 bridgehead atoms. The van der Waals surface area contributed by atoms with Crippen molar-refractivity contribution in [1.82, 2.24) is 19.9 Å². The quantitative estimate of drug-likeness (QED) is 0.842. The number of carbonyl (C=O) groups is 1. The van der Waals surface area contributed by atoms with Crippen LogP contribution in [-0.2, 0) is 4.74 Å². The van der Waals surface area contributed by atoms with Crippen LogP contribution in [0, 0.1) is 6.92 Å². The minimum absolute atomic E-state index is 0.428. The highest BCUT2D eigenvalue weighted by molar-refractivity contribution is 5.67. The summed E-state index contributed by atoms with van der Waals surface area (Å²) in [7, 11) is 0. The Morgan fingerprint density at radius 3 is 2.81 bits per heavy atom. The zero-order chi connectivity index (χ0) is 15.5. The van der Waals surface area contributed by atoms with E-state index in [9.17, 15) is 4.79 Å². The first kappa shape index (κ1) is 15.1. The lowest BCUT2D eigenvalue weighted by Crippen LogP contribution is -2.35. The van der Waals surface area contributed by atoms with E-state index in [0.717, 1.165) is 11.2 Å². The lowest BCUT2D eigenvalue weighted by Gasteiger charge is -2.19. The van der Waals surface area contributed by atoms with Crippen LogP contribution in [-0.4, -0.2) is 39.4 Å². The lowest BCUT2D eigenvalue weighted by atomic mass is 10.2. The highest BCUT2D eigenvalue weighted by atomic mass is 16.6. The molecule has 0 aliphatic carbocycles. The smallest absolute Gasteiger partial charge is 0.407 e. The molecule has 0 saturated heterocycles. The molecule has 1 amide bonds. The van der Waals surface area contributed by atoms with Gasteiger partial charge in [0.15, 0.2) is 5.65 Å². The molecule has 7 heteroatoms. The van der Waals surface area contributed by atoms with Gasteiger partial charge in [0, 0.05) is 19.3 Å². The lowest BCUT2D eigenvalue weighted by molar-refractivity contribution is 0.0530. The van der Waals surface area contributed by atoms with Gasteiger partial charge in [-0.3, -0.25) is 0 Å². The van der Waals surface area contributed by atoms with Gasteiger partial charge in [0.1, 0.15) is 5.60 Å². The van der Waals surface area contributed by atoms with E-state index in [1.165, 1.54) is 0 Å². The predicted octanol–water partition coefficient (Wildman–Crippen LogP) is 1.97. The molecule has 0 radical (unpaired) electrons. The summed E-state index contributed by atoms with van der Waals surface area (Å²) in [5, 5.41) is 10.0. The summed E-state index contributed by atoms with van der Waals surface area (Å²) in [5.41, 5.74) is 1.41. The molecular formula is C14H21N5O2. The van der Waals surface area contributed by atoms with E-state index in [0.29, 0.717) is 19.0 Å². The van der Waals surface area contributed by atoms with Gasteiger partial charge in [-0.25, -0.2) is 9.31 Å². The highest BCUT2D eigenvalue weighted by Gasteiger charge is 2.15. The standard InChI is InChI=1S/C14H21N5O2/c1-10-5-6-11-17-12(18-19(11)9-10)15-7-8-16-13(20)21-14(2,3)4/h5-6,9H,7-8H2,1-4H3,(H,15,18)(H,16,20). The number of anilines is 1. The Morgan fingerprint density at radius 2 is 2.10 bits per heavy atom. The van der Waals surface area contributed by atoms with Gasteiger partial charge in [0.25, 0.3) is 0 Å². The Kier molecular flexibility index (Phi) is 4.30. The monoisotopic (exact) mass is 291 g/mol. The van der Waals surface area contributed by atoms with E-state index in [4.69, 9.17) is 4.74 Å². The second kappa shape index (κ2) is 5.99. The number of carbonyl (C=O) groups excluding carboxylic acids is 1. The molecule has 2 N–H and O–H groups in total. The van der Waals surface area contributed by atoms with Gasteiger partial charge in [-0.1, -0.05) is 6.07 Å². The number of pyridine rings is 1. The SMILES string of the molecule is Cc1ccc2nc(NCCNC(=O)OC(C)(C)C)nn2c1. The number of aromatic nitrogens is 3. The molecule has 0 saturated carbocycles. The van der Waals surface area contributed by atoms with Gasteiger partial charge in [-0.2, -0.15) is 4.98 Å². The number of hydrogen-bond donors (Lipinski definition) is 2. The Hall–Kier alpha value is -2.31. The average Bonchev–Trinajstić information content (AvgIpc) is 2.74. The third kappa shape index (κ3) is 4.62. The maximum atomic E-state index is 11.5. The summed E-state index contributed by atoms with van der Waals surface area (Å²) in [6.07, 6.45) is 1.48. The van der Waals surface area contributed by atoms with Crippen LogP contribution in [0.3, 0.4) is 0 Å². The van der Waals surface area contributed by atoms with Crippen LogP contribution in [0.15, 0.2) is 18.3 Å². The third-order valence-electron chi connectivity index (χ3n) is 2.56. The topological polar surface area (TPSA) is 80.5 Å². The van der Waals surface area contributed by atoms with Gasteiger partial charge < -0.3 is 15.4 Å². The van der Waals surface area contributed by atoms with Crippen LogP contribution in [0.2, 0.25) is 0 Å². The largest absolute Gasteiger partial charge is 0.444 e. The van der Waals surface area contributed by atoms with Gasteiger partial charge in [-0.15, -0.1) is 5.10 Å². The van der Waals surface area contributed by atoms with Gasteiger partial charge in [-0.05, 0) is 39.3 Å². The number of hydrogen-bond acceptors (Lipinski definition) is 5. The number of alkyl carbamates (subject to hydrolysis) is 1. The first-order valence-electron chi connectivity index (χ1n) is 6.87. The number of amides is 1. The molecule has 2 heterocycles. The fraction of sp³-hybridized carbons (Fsp3) is 0.500. The van der Waals surface area contributed by atoms with Gasteiger partial charge >= 0.3 is 6.09 Å². The maximum Gasteiger partial charge on any atom is 0.407 e. The molecular weight excluding hydrogens is 270 g/mol. The Labute approximate surface area is 123 Å². The molecule has 21 heavy (non-hydrogen) atoms. The molecule has 114 valence electrons. The fourth-order valence-corrected chi connectivity index (χ4v) is 1.71. The van der Waals surface area contributed by atoms with Crippen molar-refractivity contribution in [3.05, 3.63) is 23.9 Å². The van der Waals surface area contributed by atoms with Crippen molar-refractivity contribution in [2.24, 2.45) is 0 Å². The van der Waals surface area contributed by atoms with Crippen LogP contribution in [0.5, 0.6) is 0 Å². The maximum absolute atomic E-state index is 11.5. The Balaban J connectivity index is 1.79. The van der Waals surface area contributed by atoms with Crippen LogP contribution >= 0.6 is 0 Å². The molecule has 2 rings (SSSR count). The summed E-state index contributed by atoms with van der Waals surface area (Å²) in [4.78, 5) is 15.8. The number of fused-ring (bicyclic) bond motifs is 1. The van der Waals surface area contributed by atoms with Gasteiger partial charge in [0.2, 0.25) is 5.95 Å². The number of nitrogens with one attached hydrogen (secondary N) is 2. The predicted molar refractivity (Wildman–Crippen MR) is 80.5 cm³/mol. The van der Waals surface area contributed by atoms with Crippen molar-refractivity contribution in [2.75, 3.05) is 18.4 Å². The Bertz CT molecular complexity index is 630. The second-order valence-electron chi connectivity index (χ2n) is 5.80. The molecule has 0 aliphatic rings. The third-order valence-corrected chi connectivity index (χ3v) is 2.56. The van der Waals surface area contributed by atoms with Crippen molar-refractivity contribution in [2.45, 2.75) is 33.3 Å². The van der Waals surface area contributed by atoms with E-state index in [1.54, 1.807) is 4.52 Å². The first-order valence-corrected chi connectivity index (χ1v) is 6.87. The zero-order valence-corrected chi connectivity index (χ0v) is 12.8. The van der Waals surface area contributed by atoms with Crippen LogP contribution in [0.25, 0.3) is 5.65 Å². The summed E-state index contributed by atoms with van der Waals surface area (Å²) in [6.45, 7) is 8.44. The van der Waals surface area contributed by atoms with E-state index >= 15 is 0 Å². The van der Waals surface area contributed by atoms with Crippen molar-refractivity contribution in [1.29, 1.82) is 0 Å². The molecule has 0 aliphatic heterocycles. The van der Waals surface area contributed by atoms with E-state index < -0.39 is 11.7 Å². The van der Waals surface area contributed by atoms with Crippen LogP contribution in [0.1, 0.15) is 26.3 Å². The molecule has 2 aromatic heterocycles. The van der Waals surface area contributed by atoms with Gasteiger partial charge in [0.05, 0.1) is 0 Å². The zero-order valence-electron chi connectivity index (χ0n) is 12.8. The van der Waals surface area contributed by atoms with Crippen LogP contribution < -0.4 is 10.6 Å². The van der Waals surface area contributed by atoms with E-state index in [2.05, 4.69) is 20.7 Å². The Morgan fingerprint density at radius 1 is 1.33 bits per heavy atom. The second-order valence-corrected chi connectivity index (χ2v) is 5.80. The number of aryl methyl sites for hydroxylation is 1. The number of ether oxygens (including phenoxy) is 1. The number of nitrogens with zero attached hydrogens (tertiary/aromatic N) is 3. The highest BCUT2D eigenvalue weighted by Crippen LogP contribution is 2.07. The van der Waals surface area contributed by atoms with Crippen molar-refractivity contribution >= 4 is 17.7 Å². The molecule has 0 fully saturated rings. The fourth-order valence-electron chi connectivity index (χ4n) is 1.71. The van der Waals surface area contributed by atoms with Crippen molar-refractivity contribution < 1.29 is 9.53 Å². The summed E-state index contributed by atoms with van der Waals surface area (Å²) in [6, 6.07) is 3.89. The summed E-state index contributed by atoms with van der Waals surface area (Å²) in [5.74, 6) is 0.534. The summed E-state index contributed by atoms with van der Waals surface area (Å²) >= 11 is 0. The van der Waals surface area contributed by atoms with Crippen LogP contribution in [0.4, 0.5) is 10.7 Å². The first-order chi connectivity index (χ1) is 9.83. The normalized spacial score (nSPS) is 11.4. The van der Waals surface area contributed by atoms with E-state index in [-0.39, 0.29) is 0 Å². The summed E-state index contributed by atoms with van der Waals surface area (Å²) < 4.78 is 6.86. The molecule has 7 nitrogen and oxygen atoms in total. The molecule has 0 unspecified atom stereocenters. The minimum Gasteiger partial charge on any atom is -0.444 e. The van der Waals surface area contributed by atoms with Crippen molar-refractivity contribution in [3.63, 3.8) is 0 Å². The molecule has 0 atom stereocenters. The molecule has 2 aromatic rings. The van der Waals surface area contributed by atoms with E-state index in [1.807, 2.05) is 46.0 Å². The average molecular weight is 291 g/mol. The minimum atomic E-state index is -0.488. The molecule has 0 spiro atoms.